The lowest BCUT2D eigenvalue weighted by Crippen LogP contribution is -2.14. The largest absolute Gasteiger partial charge is 0.389 e. The van der Waals surface area contributed by atoms with Gasteiger partial charge in [0.15, 0.2) is 0 Å². The maximum absolute atomic E-state index is 11.7. The molecule has 0 fully saturated rings. The van der Waals surface area contributed by atoms with Gasteiger partial charge < -0.3 is 15.8 Å². The van der Waals surface area contributed by atoms with Crippen molar-refractivity contribution >= 4 is 28.8 Å². The first-order valence-corrected chi connectivity index (χ1v) is 6.81. The summed E-state index contributed by atoms with van der Waals surface area (Å²) in [6.07, 6.45) is 2.17. The zero-order chi connectivity index (χ0) is 14.1. The zero-order valence-corrected chi connectivity index (χ0v) is 12.0. The van der Waals surface area contributed by atoms with Gasteiger partial charge in [0.2, 0.25) is 5.91 Å². The average Bonchev–Trinajstić information content (AvgIpc) is 2.38. The highest BCUT2D eigenvalue weighted by Gasteiger charge is 2.03. The van der Waals surface area contributed by atoms with E-state index in [0.29, 0.717) is 23.7 Å². The summed E-state index contributed by atoms with van der Waals surface area (Å²) in [6.45, 7) is 3.42. The number of nitrogens with two attached hydrogens (primary N) is 1. The van der Waals surface area contributed by atoms with Gasteiger partial charge in [0.1, 0.15) is 4.99 Å². The lowest BCUT2D eigenvalue weighted by molar-refractivity contribution is -0.116. The van der Waals surface area contributed by atoms with Gasteiger partial charge in [-0.05, 0) is 25.0 Å². The maximum Gasteiger partial charge on any atom is 0.224 e. The Morgan fingerprint density at radius 1 is 1.42 bits per heavy atom. The molecule has 0 spiro atoms. The number of benzene rings is 1. The third kappa shape index (κ3) is 6.31. The van der Waals surface area contributed by atoms with Gasteiger partial charge in [-0.3, -0.25) is 4.79 Å². The van der Waals surface area contributed by atoms with Crippen molar-refractivity contribution in [2.75, 3.05) is 18.5 Å². The van der Waals surface area contributed by atoms with E-state index >= 15 is 0 Å². The first kappa shape index (κ1) is 15.6. The smallest absolute Gasteiger partial charge is 0.224 e. The Morgan fingerprint density at radius 3 is 2.89 bits per heavy atom. The number of carbonyl (C=O) groups is 1. The van der Waals surface area contributed by atoms with Gasteiger partial charge in [-0.25, -0.2) is 0 Å². The molecular formula is C14H20N2O2S. The summed E-state index contributed by atoms with van der Waals surface area (Å²) in [5, 5.41) is 2.82. The molecule has 0 aliphatic rings. The summed E-state index contributed by atoms with van der Waals surface area (Å²) in [7, 11) is 0. The molecule has 0 aliphatic heterocycles. The number of thiocarbonyl (C=S) groups is 1. The number of rotatable bonds is 8. The summed E-state index contributed by atoms with van der Waals surface area (Å²) in [5.41, 5.74) is 7.00. The summed E-state index contributed by atoms with van der Waals surface area (Å²) in [4.78, 5) is 12.0. The van der Waals surface area contributed by atoms with Crippen LogP contribution in [0, 0.1) is 0 Å². The first-order chi connectivity index (χ1) is 9.13. The van der Waals surface area contributed by atoms with Crippen LogP contribution < -0.4 is 11.1 Å². The molecule has 0 saturated carbocycles. The van der Waals surface area contributed by atoms with Crippen LogP contribution in [0.15, 0.2) is 24.3 Å². The van der Waals surface area contributed by atoms with E-state index in [2.05, 4.69) is 12.2 Å². The van der Waals surface area contributed by atoms with Gasteiger partial charge in [0.25, 0.3) is 0 Å². The van der Waals surface area contributed by atoms with Crippen LogP contribution in [0.5, 0.6) is 0 Å². The molecule has 3 N–H and O–H groups in total. The molecule has 1 amide bonds. The van der Waals surface area contributed by atoms with Crippen LogP contribution >= 0.6 is 12.2 Å². The number of ether oxygens (including phenoxy) is 1. The number of anilines is 1. The summed E-state index contributed by atoms with van der Waals surface area (Å²) < 4.78 is 5.32. The van der Waals surface area contributed by atoms with Gasteiger partial charge in [-0.1, -0.05) is 31.3 Å². The minimum Gasteiger partial charge on any atom is -0.389 e. The second-order valence-corrected chi connectivity index (χ2v) is 4.65. The van der Waals surface area contributed by atoms with Crippen molar-refractivity contribution in [2.45, 2.75) is 26.2 Å². The van der Waals surface area contributed by atoms with Crippen LogP contribution in [0.2, 0.25) is 0 Å². The van der Waals surface area contributed by atoms with E-state index in [-0.39, 0.29) is 5.91 Å². The highest BCUT2D eigenvalue weighted by molar-refractivity contribution is 7.80. The highest BCUT2D eigenvalue weighted by Crippen LogP contribution is 2.11. The predicted molar refractivity (Wildman–Crippen MR) is 81.3 cm³/mol. The van der Waals surface area contributed by atoms with E-state index in [1.165, 1.54) is 0 Å². The molecule has 0 atom stereocenters. The predicted octanol–water partition coefficient (Wildman–Crippen LogP) is 2.47. The topological polar surface area (TPSA) is 64.3 Å². The van der Waals surface area contributed by atoms with E-state index < -0.39 is 0 Å². The second kappa shape index (κ2) is 8.61. The third-order valence-electron chi connectivity index (χ3n) is 2.47. The standard InChI is InChI=1S/C14H20N2O2S/c1-2-8-18-9-4-7-13(17)16-12-6-3-5-11(10-12)14(15)19/h3,5-6,10H,2,4,7-9H2,1H3,(H2,15,19)(H,16,17). The van der Waals surface area contributed by atoms with Crippen LogP contribution in [-0.2, 0) is 9.53 Å². The van der Waals surface area contributed by atoms with Crippen LogP contribution in [0.4, 0.5) is 5.69 Å². The Hall–Kier alpha value is -1.46. The fourth-order valence-electron chi connectivity index (χ4n) is 1.55. The molecule has 0 saturated heterocycles. The Morgan fingerprint density at radius 2 is 2.21 bits per heavy atom. The van der Waals surface area contributed by atoms with Crippen LogP contribution in [0.1, 0.15) is 31.7 Å². The number of hydrogen-bond acceptors (Lipinski definition) is 3. The molecule has 1 aromatic carbocycles. The number of amides is 1. The molecule has 0 bridgehead atoms. The Kier molecular flexibility index (Phi) is 7.07. The molecule has 4 nitrogen and oxygen atoms in total. The molecule has 1 rings (SSSR count). The molecule has 1 aromatic rings. The maximum atomic E-state index is 11.7. The fraction of sp³-hybridized carbons (Fsp3) is 0.429. The summed E-state index contributed by atoms with van der Waals surface area (Å²) in [5.74, 6) is -0.0276. The van der Waals surface area contributed by atoms with Crippen molar-refractivity contribution < 1.29 is 9.53 Å². The number of carbonyl (C=O) groups excluding carboxylic acids is 1. The Balaban J connectivity index is 2.35. The van der Waals surface area contributed by atoms with E-state index in [9.17, 15) is 4.79 Å². The van der Waals surface area contributed by atoms with Gasteiger partial charge in [-0.15, -0.1) is 0 Å². The molecule has 0 heterocycles. The highest BCUT2D eigenvalue weighted by atomic mass is 32.1. The normalized spacial score (nSPS) is 10.2. The molecular weight excluding hydrogens is 260 g/mol. The van der Waals surface area contributed by atoms with Crippen LogP contribution in [0.25, 0.3) is 0 Å². The zero-order valence-electron chi connectivity index (χ0n) is 11.1. The van der Waals surface area contributed by atoms with Gasteiger partial charge in [0.05, 0.1) is 0 Å². The Bertz CT molecular complexity index is 435. The lowest BCUT2D eigenvalue weighted by Gasteiger charge is -2.07. The van der Waals surface area contributed by atoms with Crippen molar-refractivity contribution in [3.05, 3.63) is 29.8 Å². The van der Waals surface area contributed by atoms with E-state index in [4.69, 9.17) is 22.7 Å². The minimum atomic E-state index is -0.0276. The second-order valence-electron chi connectivity index (χ2n) is 4.21. The molecule has 5 heteroatoms. The fourth-order valence-corrected chi connectivity index (χ4v) is 1.68. The lowest BCUT2D eigenvalue weighted by atomic mass is 10.2. The van der Waals surface area contributed by atoms with Crippen LogP contribution in [0.3, 0.4) is 0 Å². The van der Waals surface area contributed by atoms with Gasteiger partial charge in [-0.2, -0.15) is 0 Å². The monoisotopic (exact) mass is 280 g/mol. The van der Waals surface area contributed by atoms with Gasteiger partial charge in [0, 0.05) is 30.9 Å². The molecule has 0 aromatic heterocycles. The number of hydrogen-bond donors (Lipinski definition) is 2. The molecule has 0 unspecified atom stereocenters. The van der Waals surface area contributed by atoms with Crippen molar-refractivity contribution in [2.24, 2.45) is 5.73 Å². The van der Waals surface area contributed by atoms with E-state index in [1.807, 2.05) is 18.2 Å². The Labute approximate surface area is 119 Å². The van der Waals surface area contributed by atoms with Gasteiger partial charge >= 0.3 is 0 Å². The molecule has 0 radical (unpaired) electrons. The number of nitrogens with one attached hydrogen (secondary N) is 1. The van der Waals surface area contributed by atoms with Crippen LogP contribution in [-0.4, -0.2) is 24.1 Å². The summed E-state index contributed by atoms with van der Waals surface area (Å²) in [6, 6.07) is 7.21. The van der Waals surface area contributed by atoms with Crippen molar-refractivity contribution in [1.82, 2.24) is 0 Å². The van der Waals surface area contributed by atoms with E-state index in [0.717, 1.165) is 25.0 Å². The third-order valence-corrected chi connectivity index (χ3v) is 2.71. The van der Waals surface area contributed by atoms with Crippen molar-refractivity contribution in [1.29, 1.82) is 0 Å². The SMILES string of the molecule is CCCOCCCC(=O)Nc1cccc(C(N)=S)c1. The quantitative estimate of drug-likeness (QED) is 0.567. The first-order valence-electron chi connectivity index (χ1n) is 6.41. The van der Waals surface area contributed by atoms with E-state index in [1.54, 1.807) is 6.07 Å². The van der Waals surface area contributed by atoms with Crippen molar-refractivity contribution in [3.8, 4) is 0 Å². The molecule has 0 aliphatic carbocycles. The van der Waals surface area contributed by atoms with Crippen molar-refractivity contribution in [3.63, 3.8) is 0 Å². The molecule has 19 heavy (non-hydrogen) atoms. The minimum absolute atomic E-state index is 0.0276. The average molecular weight is 280 g/mol. The summed E-state index contributed by atoms with van der Waals surface area (Å²) >= 11 is 4.89. The molecule has 104 valence electrons.